The minimum absolute atomic E-state index is 0.0958. The Kier molecular flexibility index (Phi) is 4.87. The van der Waals surface area contributed by atoms with Gasteiger partial charge in [-0.2, -0.15) is 0 Å². The molecule has 0 unspecified atom stereocenters. The van der Waals surface area contributed by atoms with Gasteiger partial charge in [0.05, 0.1) is 0 Å². The second kappa shape index (κ2) is 5.42. The first-order chi connectivity index (χ1) is 5.54. The summed E-state index contributed by atoms with van der Waals surface area (Å²) in [6.45, 7) is 3.95. The average Bonchev–Trinajstić information content (AvgIpc) is 1.97. The lowest BCUT2D eigenvalue weighted by atomic mass is 10.1. The average molecular weight is 173 g/mol. The molecule has 0 aromatic carbocycles. The second-order valence-corrected chi connectivity index (χ2v) is 2.64. The zero-order valence-electron chi connectivity index (χ0n) is 7.16. The number of guanidine groups is 1. The fourth-order valence-electron chi connectivity index (χ4n) is 0.712. The van der Waals surface area contributed by atoms with Crippen molar-refractivity contribution in [1.29, 1.82) is 0 Å². The van der Waals surface area contributed by atoms with Gasteiger partial charge in [-0.15, -0.1) is 0 Å². The number of aliphatic imine (C=N–C) groups is 1. The molecule has 0 saturated carbocycles. The van der Waals surface area contributed by atoms with E-state index in [9.17, 15) is 0 Å². The predicted molar refractivity (Wildman–Crippen MR) is 48.4 cm³/mol. The Morgan fingerprint density at radius 1 is 1.58 bits per heavy atom. The zero-order valence-corrected chi connectivity index (χ0v) is 7.16. The monoisotopic (exact) mass is 173 g/mol. The van der Waals surface area contributed by atoms with Gasteiger partial charge in [-0.05, 0) is 6.42 Å². The summed E-state index contributed by atoms with van der Waals surface area (Å²) in [6.07, 6.45) is 1.54. The molecule has 5 heteroatoms. The third kappa shape index (κ3) is 5.55. The summed E-state index contributed by atoms with van der Waals surface area (Å²) in [4.78, 5) is 3.79. The van der Waals surface area contributed by atoms with Gasteiger partial charge >= 0.3 is 0 Å². The van der Waals surface area contributed by atoms with Crippen molar-refractivity contribution in [3.63, 3.8) is 0 Å². The van der Waals surface area contributed by atoms with Gasteiger partial charge in [0.25, 0.3) is 0 Å². The maximum absolute atomic E-state index is 8.89. The van der Waals surface area contributed by atoms with E-state index >= 15 is 0 Å². The van der Waals surface area contributed by atoms with Crippen molar-refractivity contribution in [2.24, 2.45) is 16.5 Å². The van der Waals surface area contributed by atoms with Crippen LogP contribution in [-0.2, 0) is 0 Å². The Morgan fingerprint density at radius 3 is 2.58 bits per heavy atom. The SMILES string of the molecule is C=C(O)[C@@H]([NH3+])CCCN=C(N)N. The van der Waals surface area contributed by atoms with Crippen molar-refractivity contribution in [3.05, 3.63) is 12.3 Å². The normalized spacial score (nSPS) is 12.1. The highest BCUT2D eigenvalue weighted by atomic mass is 16.3. The number of aliphatic hydroxyl groups is 1. The Balaban J connectivity index is 3.44. The van der Waals surface area contributed by atoms with Crippen molar-refractivity contribution >= 4 is 5.96 Å². The largest absolute Gasteiger partial charge is 0.507 e. The van der Waals surface area contributed by atoms with Crippen molar-refractivity contribution in [2.45, 2.75) is 18.9 Å². The molecule has 0 aliphatic heterocycles. The van der Waals surface area contributed by atoms with E-state index in [1.54, 1.807) is 0 Å². The third-order valence-corrected chi connectivity index (χ3v) is 1.48. The molecule has 0 amide bonds. The Bertz CT molecular complexity index is 174. The van der Waals surface area contributed by atoms with Gasteiger partial charge in [0.2, 0.25) is 0 Å². The predicted octanol–water partition coefficient (Wildman–Crippen LogP) is -1.28. The fraction of sp³-hybridized carbons (Fsp3) is 0.571. The lowest BCUT2D eigenvalue weighted by Gasteiger charge is -2.04. The van der Waals surface area contributed by atoms with Crippen LogP contribution in [0.4, 0.5) is 0 Å². The molecule has 0 spiro atoms. The van der Waals surface area contributed by atoms with E-state index < -0.39 is 0 Å². The molecule has 1 atom stereocenters. The van der Waals surface area contributed by atoms with E-state index in [1.165, 1.54) is 0 Å². The van der Waals surface area contributed by atoms with Gasteiger partial charge in [-0.3, -0.25) is 4.99 Å². The van der Waals surface area contributed by atoms with Crippen molar-refractivity contribution in [3.8, 4) is 0 Å². The number of nitrogens with zero attached hydrogens (tertiary/aromatic N) is 1. The molecule has 0 aliphatic carbocycles. The van der Waals surface area contributed by atoms with E-state index in [0.29, 0.717) is 6.54 Å². The van der Waals surface area contributed by atoms with Crippen LogP contribution in [0, 0.1) is 0 Å². The van der Waals surface area contributed by atoms with Gasteiger partial charge in [0.1, 0.15) is 11.8 Å². The number of nitrogens with two attached hydrogens (primary N) is 2. The highest BCUT2D eigenvalue weighted by Crippen LogP contribution is 1.98. The molecule has 0 radical (unpaired) electrons. The number of quaternary nitrogens is 1. The zero-order chi connectivity index (χ0) is 9.56. The van der Waals surface area contributed by atoms with Crippen LogP contribution in [0.3, 0.4) is 0 Å². The first-order valence-corrected chi connectivity index (χ1v) is 3.80. The molecule has 0 aromatic rings. The third-order valence-electron chi connectivity index (χ3n) is 1.48. The second-order valence-electron chi connectivity index (χ2n) is 2.64. The minimum Gasteiger partial charge on any atom is -0.507 e. The molecule has 12 heavy (non-hydrogen) atoms. The number of rotatable bonds is 5. The van der Waals surface area contributed by atoms with Crippen LogP contribution in [0.2, 0.25) is 0 Å². The van der Waals surface area contributed by atoms with Crippen LogP contribution in [0.15, 0.2) is 17.3 Å². The summed E-state index contributed by atoms with van der Waals surface area (Å²) < 4.78 is 0. The van der Waals surface area contributed by atoms with E-state index in [2.05, 4.69) is 17.3 Å². The number of aliphatic hydroxyl groups excluding tert-OH is 1. The molecule has 5 nitrogen and oxygen atoms in total. The molecular formula is C7H17N4O+. The summed E-state index contributed by atoms with van der Waals surface area (Å²) in [5.41, 5.74) is 13.9. The molecule has 0 fully saturated rings. The Labute approximate surface area is 71.9 Å². The van der Waals surface area contributed by atoms with Crippen molar-refractivity contribution in [2.75, 3.05) is 6.54 Å². The molecule has 0 saturated heterocycles. The van der Waals surface area contributed by atoms with Crippen LogP contribution in [0.1, 0.15) is 12.8 Å². The fourth-order valence-corrected chi connectivity index (χ4v) is 0.712. The summed E-state index contributed by atoms with van der Waals surface area (Å²) in [5, 5.41) is 8.89. The first-order valence-electron chi connectivity index (χ1n) is 3.80. The molecule has 70 valence electrons. The number of hydrogen-bond donors (Lipinski definition) is 4. The molecule has 8 N–H and O–H groups in total. The molecule has 0 aliphatic rings. The molecule has 0 heterocycles. The van der Waals surface area contributed by atoms with Crippen LogP contribution < -0.4 is 17.2 Å². The lowest BCUT2D eigenvalue weighted by molar-refractivity contribution is -0.414. The highest BCUT2D eigenvalue weighted by molar-refractivity contribution is 5.75. The molecular weight excluding hydrogens is 156 g/mol. The summed E-state index contributed by atoms with van der Waals surface area (Å²) in [6, 6.07) is -0.126. The van der Waals surface area contributed by atoms with Crippen LogP contribution >= 0.6 is 0 Å². The van der Waals surface area contributed by atoms with Crippen LogP contribution in [0.5, 0.6) is 0 Å². The molecule has 0 bridgehead atoms. The van der Waals surface area contributed by atoms with Gasteiger partial charge in [-0.1, -0.05) is 6.58 Å². The standard InChI is InChI=1S/C7H16N4O/c1-5(12)6(8)3-2-4-11-7(9)10/h6,12H,1-4,8H2,(H4,9,10,11)/p+1/t6-/m0/s1. The minimum atomic E-state index is -0.126. The highest BCUT2D eigenvalue weighted by Gasteiger charge is 2.07. The van der Waals surface area contributed by atoms with E-state index in [-0.39, 0.29) is 17.8 Å². The molecule has 0 rings (SSSR count). The van der Waals surface area contributed by atoms with Gasteiger partial charge in [-0.25, -0.2) is 0 Å². The molecule has 0 aromatic heterocycles. The maximum Gasteiger partial charge on any atom is 0.185 e. The van der Waals surface area contributed by atoms with Gasteiger partial charge in [0.15, 0.2) is 5.96 Å². The van der Waals surface area contributed by atoms with E-state index in [1.807, 2.05) is 0 Å². The number of hydrogen-bond acceptors (Lipinski definition) is 2. The Hall–Kier alpha value is -1.23. The topological polar surface area (TPSA) is 112 Å². The van der Waals surface area contributed by atoms with Gasteiger partial charge in [0, 0.05) is 13.0 Å². The summed E-state index contributed by atoms with van der Waals surface area (Å²) in [5.74, 6) is 0.207. The van der Waals surface area contributed by atoms with Crippen LogP contribution in [-0.4, -0.2) is 23.7 Å². The van der Waals surface area contributed by atoms with Crippen molar-refractivity contribution in [1.82, 2.24) is 0 Å². The quantitative estimate of drug-likeness (QED) is 0.180. The summed E-state index contributed by atoms with van der Waals surface area (Å²) >= 11 is 0. The maximum atomic E-state index is 8.89. The first kappa shape index (κ1) is 10.8. The summed E-state index contributed by atoms with van der Waals surface area (Å²) in [7, 11) is 0. The van der Waals surface area contributed by atoms with Gasteiger partial charge < -0.3 is 22.3 Å². The Morgan fingerprint density at radius 2 is 2.17 bits per heavy atom. The van der Waals surface area contributed by atoms with E-state index in [4.69, 9.17) is 16.6 Å². The van der Waals surface area contributed by atoms with Crippen molar-refractivity contribution < 1.29 is 10.8 Å². The van der Waals surface area contributed by atoms with Crippen LogP contribution in [0.25, 0.3) is 0 Å². The lowest BCUT2D eigenvalue weighted by Crippen LogP contribution is -2.61. The smallest absolute Gasteiger partial charge is 0.185 e. The van der Waals surface area contributed by atoms with E-state index in [0.717, 1.165) is 12.8 Å².